The van der Waals surface area contributed by atoms with Crippen molar-refractivity contribution in [1.29, 1.82) is 0 Å². The van der Waals surface area contributed by atoms with Gasteiger partial charge in [-0.3, -0.25) is 4.79 Å². The van der Waals surface area contributed by atoms with Crippen LogP contribution in [0.4, 0.5) is 17.6 Å². The van der Waals surface area contributed by atoms with Gasteiger partial charge in [0.1, 0.15) is 6.10 Å². The highest BCUT2D eigenvalue weighted by molar-refractivity contribution is 8.01. The predicted molar refractivity (Wildman–Crippen MR) is 121 cm³/mol. The molecule has 2 fully saturated rings. The molecule has 4 heterocycles. The number of rotatable bonds is 3. The molecule has 1 unspecified atom stereocenters. The fourth-order valence-electron chi connectivity index (χ4n) is 4.19. The summed E-state index contributed by atoms with van der Waals surface area (Å²) in [6.07, 6.45) is -0.920. The van der Waals surface area contributed by atoms with E-state index in [-0.39, 0.29) is 22.6 Å². The Morgan fingerprint density at radius 2 is 1.89 bits per heavy atom. The number of ether oxygens (including phenoxy) is 1. The van der Waals surface area contributed by atoms with Crippen molar-refractivity contribution in [3.05, 3.63) is 60.2 Å². The van der Waals surface area contributed by atoms with Gasteiger partial charge in [-0.15, -0.1) is 11.8 Å². The van der Waals surface area contributed by atoms with Gasteiger partial charge in [-0.25, -0.2) is 14.2 Å². The van der Waals surface area contributed by atoms with E-state index >= 15 is 0 Å². The number of aliphatic carboxylic acids is 1. The molecule has 0 aliphatic carbocycles. The van der Waals surface area contributed by atoms with Crippen molar-refractivity contribution in [2.45, 2.75) is 23.4 Å². The summed E-state index contributed by atoms with van der Waals surface area (Å²) in [6, 6.07) is 10.9. The zero-order valence-electron chi connectivity index (χ0n) is 18.5. The number of thioether (sulfide) groups is 1. The number of likely N-dealkylation sites (tertiary alicyclic amines) is 1. The molecule has 2 aromatic heterocycles. The van der Waals surface area contributed by atoms with E-state index in [0.29, 0.717) is 13.1 Å². The maximum atomic E-state index is 13.8. The first-order valence-electron chi connectivity index (χ1n) is 10.5. The largest absolute Gasteiger partial charge is 0.490 e. The average molecular weight is 511 g/mol. The Balaban J connectivity index is 0.000000364. The molecule has 0 radical (unpaired) electrons. The topological polar surface area (TPSA) is 84.7 Å². The summed E-state index contributed by atoms with van der Waals surface area (Å²) in [4.78, 5) is 27.8. The molecule has 1 atom stereocenters. The van der Waals surface area contributed by atoms with Gasteiger partial charge < -0.3 is 19.3 Å². The molecule has 3 aromatic rings. The number of aromatic nitrogens is 2. The smallest absolute Gasteiger partial charge is 0.475 e. The quantitative estimate of drug-likeness (QED) is 0.533. The van der Waals surface area contributed by atoms with Crippen molar-refractivity contribution in [1.82, 2.24) is 14.5 Å². The van der Waals surface area contributed by atoms with Crippen LogP contribution in [0.2, 0.25) is 0 Å². The molecule has 5 rings (SSSR count). The van der Waals surface area contributed by atoms with Crippen LogP contribution in [0, 0.1) is 5.82 Å². The Hall–Kier alpha value is -3.28. The van der Waals surface area contributed by atoms with Crippen LogP contribution in [0.15, 0.2) is 48.8 Å². The second kappa shape index (κ2) is 9.40. The molecule has 2 saturated heterocycles. The van der Waals surface area contributed by atoms with E-state index in [1.54, 1.807) is 6.07 Å². The number of carboxylic acid groups (broad SMARTS) is 1. The number of pyridine rings is 1. The normalized spacial score (nSPS) is 18.7. The minimum atomic E-state index is -5.08. The first-order chi connectivity index (χ1) is 16.5. The number of halogens is 4. The first-order valence-corrected chi connectivity index (χ1v) is 11.5. The lowest BCUT2D eigenvalue weighted by Gasteiger charge is -2.47. The summed E-state index contributed by atoms with van der Waals surface area (Å²) in [5, 5.41) is 8.11. The first kappa shape index (κ1) is 24.8. The van der Waals surface area contributed by atoms with Gasteiger partial charge in [-0.2, -0.15) is 13.2 Å². The molecular weight excluding hydrogens is 490 g/mol. The van der Waals surface area contributed by atoms with Gasteiger partial charge in [0.05, 0.1) is 10.3 Å². The van der Waals surface area contributed by atoms with Crippen LogP contribution in [0.25, 0.3) is 10.9 Å². The lowest BCUT2D eigenvalue weighted by atomic mass is 9.92. The summed E-state index contributed by atoms with van der Waals surface area (Å²) >= 11 is 1.82. The fourth-order valence-corrected chi connectivity index (χ4v) is 5.71. The maximum Gasteiger partial charge on any atom is 0.490 e. The van der Waals surface area contributed by atoms with E-state index in [1.807, 2.05) is 58.7 Å². The number of fused-ring (bicyclic) bond motifs is 1. The monoisotopic (exact) mass is 511 g/mol. The Labute approximate surface area is 201 Å². The highest BCUT2D eigenvalue weighted by Gasteiger charge is 2.51. The van der Waals surface area contributed by atoms with E-state index in [4.69, 9.17) is 14.6 Å². The number of carbonyl (C=O) groups excluding carboxylic acids is 1. The summed E-state index contributed by atoms with van der Waals surface area (Å²) in [7, 11) is 1.96. The second-order valence-corrected chi connectivity index (χ2v) is 9.85. The molecule has 12 heteroatoms. The van der Waals surface area contributed by atoms with Crippen LogP contribution < -0.4 is 4.74 Å². The maximum absolute atomic E-state index is 13.8. The number of nitrogens with zero attached hydrogens (tertiary/aromatic N) is 3. The molecular formula is C23H21F4N3O4S. The minimum Gasteiger partial charge on any atom is -0.475 e. The second-order valence-electron chi connectivity index (χ2n) is 8.36. The van der Waals surface area contributed by atoms with E-state index in [0.717, 1.165) is 28.6 Å². The summed E-state index contributed by atoms with van der Waals surface area (Å²) in [5.41, 5.74) is 1.81. The number of carboxylic acids is 1. The third kappa shape index (κ3) is 5.21. The van der Waals surface area contributed by atoms with Crippen LogP contribution in [-0.2, 0) is 11.8 Å². The lowest BCUT2D eigenvalue weighted by molar-refractivity contribution is -0.192. The van der Waals surface area contributed by atoms with E-state index in [9.17, 15) is 22.4 Å². The number of benzene rings is 1. The number of hydrogen-bond acceptors (Lipinski definition) is 5. The van der Waals surface area contributed by atoms with Gasteiger partial charge in [-0.05, 0) is 18.2 Å². The highest BCUT2D eigenvalue weighted by Crippen LogP contribution is 2.46. The van der Waals surface area contributed by atoms with E-state index in [1.165, 1.54) is 12.3 Å². The van der Waals surface area contributed by atoms with Gasteiger partial charge in [0.15, 0.2) is 5.82 Å². The molecule has 2 aliphatic rings. The summed E-state index contributed by atoms with van der Waals surface area (Å²) in [6.45, 7) is 1.40. The van der Waals surface area contributed by atoms with Crippen LogP contribution >= 0.6 is 11.8 Å². The van der Waals surface area contributed by atoms with Gasteiger partial charge in [0.25, 0.3) is 11.8 Å². The third-order valence-corrected chi connectivity index (χ3v) is 7.37. The molecule has 2 aliphatic heterocycles. The Kier molecular flexibility index (Phi) is 6.67. The van der Waals surface area contributed by atoms with E-state index in [2.05, 4.69) is 4.98 Å². The van der Waals surface area contributed by atoms with Gasteiger partial charge in [0, 0.05) is 55.6 Å². The van der Waals surface area contributed by atoms with E-state index < -0.39 is 18.0 Å². The van der Waals surface area contributed by atoms with Crippen molar-refractivity contribution in [3.63, 3.8) is 0 Å². The van der Waals surface area contributed by atoms with Gasteiger partial charge >= 0.3 is 12.1 Å². The van der Waals surface area contributed by atoms with Crippen LogP contribution in [0.3, 0.4) is 0 Å². The SMILES string of the molecule is Cn1cc(C(=O)N2CC3(CC(Oc4ncccc4F)CS3)C2)c2ccccc21.O=C(O)C(F)(F)F. The number of aryl methyl sites for hydroxylation is 1. The van der Waals surface area contributed by atoms with Gasteiger partial charge in [0.2, 0.25) is 0 Å². The number of hydrogen-bond donors (Lipinski definition) is 1. The van der Waals surface area contributed by atoms with Crippen molar-refractivity contribution in [2.24, 2.45) is 7.05 Å². The fraction of sp³-hybridized carbons (Fsp3) is 0.348. The van der Waals surface area contributed by atoms with Crippen molar-refractivity contribution in [2.75, 3.05) is 18.8 Å². The van der Waals surface area contributed by atoms with Crippen LogP contribution in [0.1, 0.15) is 16.8 Å². The molecule has 1 amide bonds. The average Bonchev–Trinajstić information content (AvgIpc) is 3.36. The summed E-state index contributed by atoms with van der Waals surface area (Å²) < 4.78 is 53.3. The Bertz CT molecular complexity index is 1260. The molecule has 1 N–H and O–H groups in total. The molecule has 7 nitrogen and oxygen atoms in total. The van der Waals surface area contributed by atoms with Crippen molar-refractivity contribution in [3.8, 4) is 5.88 Å². The molecule has 0 saturated carbocycles. The zero-order chi connectivity index (χ0) is 25.4. The number of carbonyl (C=O) groups is 2. The Morgan fingerprint density at radius 3 is 2.54 bits per heavy atom. The predicted octanol–water partition coefficient (Wildman–Crippen LogP) is 4.12. The number of para-hydroxylation sites is 1. The van der Waals surface area contributed by atoms with Crippen molar-refractivity contribution >= 4 is 34.5 Å². The molecule has 1 aromatic carbocycles. The zero-order valence-corrected chi connectivity index (χ0v) is 19.3. The van der Waals surface area contributed by atoms with Crippen molar-refractivity contribution < 1.29 is 37.0 Å². The highest BCUT2D eigenvalue weighted by atomic mass is 32.2. The minimum absolute atomic E-state index is 0.0101. The lowest BCUT2D eigenvalue weighted by Crippen LogP contribution is -2.60. The standard InChI is InChI=1S/C21H20FN3O2S.C2HF3O2/c1-24-10-16(15-5-2-3-7-18(15)24)20(26)25-12-21(13-25)9-14(11-28-21)27-19-17(22)6-4-8-23-19;3-2(4,5)1(6)7/h2-8,10,14H,9,11-13H2,1H3;(H,6,7). The van der Waals surface area contributed by atoms with Crippen LogP contribution in [-0.4, -0.2) is 67.3 Å². The van der Waals surface area contributed by atoms with Crippen LogP contribution in [0.5, 0.6) is 5.88 Å². The Morgan fingerprint density at radius 1 is 1.20 bits per heavy atom. The summed E-state index contributed by atoms with van der Waals surface area (Å²) in [5.74, 6) is -2.27. The van der Waals surface area contributed by atoms with Gasteiger partial charge in [-0.1, -0.05) is 18.2 Å². The molecule has 35 heavy (non-hydrogen) atoms. The molecule has 0 bridgehead atoms. The molecule has 1 spiro atoms. The number of alkyl halides is 3. The molecule has 186 valence electrons. The third-order valence-electron chi connectivity index (χ3n) is 5.79. The number of amides is 1.